The van der Waals surface area contributed by atoms with Crippen LogP contribution in [-0.2, 0) is 9.53 Å². The molecule has 0 N–H and O–H groups in total. The minimum Gasteiger partial charge on any atom is -0.462 e. The molecule has 1 aromatic rings. The van der Waals surface area contributed by atoms with E-state index in [-0.39, 0.29) is 18.4 Å². The lowest BCUT2D eigenvalue weighted by molar-refractivity contribution is -0.128. The lowest BCUT2D eigenvalue weighted by Gasteiger charge is -2.15. The van der Waals surface area contributed by atoms with E-state index in [1.165, 1.54) is 0 Å². The third-order valence-electron chi connectivity index (χ3n) is 3.77. The zero-order valence-corrected chi connectivity index (χ0v) is 11.8. The molecule has 1 saturated heterocycles. The van der Waals surface area contributed by atoms with Gasteiger partial charge in [-0.15, -0.1) is 0 Å². The summed E-state index contributed by atoms with van der Waals surface area (Å²) in [6.07, 6.45) is 2.70. The molecule has 0 spiro atoms. The smallest absolute Gasteiger partial charge is 0.339 e. The molecular formula is C15H16ClNO3. The molecule has 2 aliphatic rings. The molecule has 1 atom stereocenters. The summed E-state index contributed by atoms with van der Waals surface area (Å²) in [5, 5.41) is 0.389. The molecule has 0 radical (unpaired) electrons. The summed E-state index contributed by atoms with van der Waals surface area (Å²) in [5.74, 6) is -0.131. The second-order valence-electron chi connectivity index (χ2n) is 5.43. The fourth-order valence-electron chi connectivity index (χ4n) is 2.56. The maximum absolute atomic E-state index is 11.9. The number of hydrogen-bond donors (Lipinski definition) is 0. The number of esters is 1. The van der Waals surface area contributed by atoms with Crippen molar-refractivity contribution >= 4 is 23.5 Å². The normalized spacial score (nSPS) is 22.1. The molecule has 20 heavy (non-hydrogen) atoms. The van der Waals surface area contributed by atoms with E-state index in [0.29, 0.717) is 29.6 Å². The molecule has 1 aliphatic heterocycles. The van der Waals surface area contributed by atoms with Crippen LogP contribution in [0.25, 0.3) is 0 Å². The van der Waals surface area contributed by atoms with E-state index in [1.807, 2.05) is 4.90 Å². The zero-order chi connectivity index (χ0) is 14.1. The summed E-state index contributed by atoms with van der Waals surface area (Å²) < 4.78 is 5.29. The molecule has 5 heteroatoms. The van der Waals surface area contributed by atoms with Crippen molar-refractivity contribution in [2.24, 2.45) is 5.92 Å². The van der Waals surface area contributed by atoms with Crippen LogP contribution in [0.15, 0.2) is 24.3 Å². The third kappa shape index (κ3) is 2.80. The molecule has 4 nitrogen and oxygen atoms in total. The Hall–Kier alpha value is -1.55. The number of rotatable bonds is 4. The molecular weight excluding hydrogens is 278 g/mol. The van der Waals surface area contributed by atoms with Gasteiger partial charge in [0.05, 0.1) is 17.2 Å². The Morgan fingerprint density at radius 2 is 2.10 bits per heavy atom. The maximum Gasteiger partial charge on any atom is 0.339 e. The second-order valence-corrected chi connectivity index (χ2v) is 5.83. The van der Waals surface area contributed by atoms with Crippen molar-refractivity contribution in [3.63, 3.8) is 0 Å². The molecule has 1 unspecified atom stereocenters. The van der Waals surface area contributed by atoms with Gasteiger partial charge in [-0.25, -0.2) is 4.79 Å². The van der Waals surface area contributed by atoms with E-state index in [1.54, 1.807) is 24.3 Å². The predicted octanol–water partition coefficient (Wildman–Crippen LogP) is 2.51. The van der Waals surface area contributed by atoms with E-state index in [9.17, 15) is 9.59 Å². The van der Waals surface area contributed by atoms with Gasteiger partial charge >= 0.3 is 5.97 Å². The van der Waals surface area contributed by atoms with Crippen LogP contribution < -0.4 is 0 Å². The molecule has 1 amide bonds. The van der Waals surface area contributed by atoms with Gasteiger partial charge in [0.25, 0.3) is 0 Å². The lowest BCUT2D eigenvalue weighted by Crippen LogP contribution is -2.27. The molecule has 0 aromatic heterocycles. The molecule has 1 aliphatic carbocycles. The fourth-order valence-corrected chi connectivity index (χ4v) is 2.77. The topological polar surface area (TPSA) is 46.6 Å². The summed E-state index contributed by atoms with van der Waals surface area (Å²) >= 11 is 5.95. The van der Waals surface area contributed by atoms with Crippen LogP contribution in [-0.4, -0.2) is 36.0 Å². The molecule has 1 heterocycles. The van der Waals surface area contributed by atoms with Crippen molar-refractivity contribution < 1.29 is 14.3 Å². The van der Waals surface area contributed by atoms with Crippen molar-refractivity contribution in [3.8, 4) is 0 Å². The zero-order valence-electron chi connectivity index (χ0n) is 11.0. The van der Waals surface area contributed by atoms with E-state index < -0.39 is 5.97 Å². The average Bonchev–Trinajstić information content (AvgIpc) is 3.20. The summed E-state index contributed by atoms with van der Waals surface area (Å²) in [4.78, 5) is 25.7. The fraction of sp³-hybridized carbons (Fsp3) is 0.467. The first-order chi connectivity index (χ1) is 9.65. The van der Waals surface area contributed by atoms with Crippen molar-refractivity contribution in [1.82, 2.24) is 4.90 Å². The van der Waals surface area contributed by atoms with Gasteiger partial charge in [-0.1, -0.05) is 23.7 Å². The van der Waals surface area contributed by atoms with Crippen LogP contribution in [0.5, 0.6) is 0 Å². The lowest BCUT2D eigenvalue weighted by atomic mass is 10.1. The maximum atomic E-state index is 11.9. The molecule has 1 saturated carbocycles. The van der Waals surface area contributed by atoms with Crippen LogP contribution in [0.3, 0.4) is 0 Å². The Morgan fingerprint density at radius 1 is 1.35 bits per heavy atom. The third-order valence-corrected chi connectivity index (χ3v) is 4.10. The first-order valence-corrected chi connectivity index (χ1v) is 7.24. The standard InChI is InChI=1S/C15H16ClNO3/c16-13-4-2-1-3-12(13)15(19)20-9-10-7-14(18)17(8-10)11-5-6-11/h1-4,10-11H,5-9H2. The number of ether oxygens (including phenoxy) is 1. The summed E-state index contributed by atoms with van der Waals surface area (Å²) in [7, 11) is 0. The highest BCUT2D eigenvalue weighted by Crippen LogP contribution is 2.32. The summed E-state index contributed by atoms with van der Waals surface area (Å²) in [6.45, 7) is 0.984. The molecule has 0 bridgehead atoms. The summed E-state index contributed by atoms with van der Waals surface area (Å²) in [5.41, 5.74) is 0.373. The van der Waals surface area contributed by atoms with Crippen molar-refractivity contribution in [2.45, 2.75) is 25.3 Å². The highest BCUT2D eigenvalue weighted by Gasteiger charge is 2.39. The highest BCUT2D eigenvalue weighted by atomic mass is 35.5. The number of nitrogens with zero attached hydrogens (tertiary/aromatic N) is 1. The van der Waals surface area contributed by atoms with Gasteiger partial charge in [-0.2, -0.15) is 0 Å². The number of benzene rings is 1. The Kier molecular flexibility index (Phi) is 3.66. The first-order valence-electron chi connectivity index (χ1n) is 6.86. The number of amides is 1. The number of carbonyl (C=O) groups is 2. The van der Waals surface area contributed by atoms with Crippen LogP contribution in [0, 0.1) is 5.92 Å². The van der Waals surface area contributed by atoms with E-state index >= 15 is 0 Å². The van der Waals surface area contributed by atoms with Gasteiger partial charge in [0.1, 0.15) is 0 Å². The monoisotopic (exact) mass is 293 g/mol. The van der Waals surface area contributed by atoms with Gasteiger partial charge in [0, 0.05) is 24.9 Å². The van der Waals surface area contributed by atoms with Crippen LogP contribution >= 0.6 is 11.6 Å². The Morgan fingerprint density at radius 3 is 2.80 bits per heavy atom. The summed E-state index contributed by atoms with van der Waals surface area (Å²) in [6, 6.07) is 7.25. The number of hydrogen-bond acceptors (Lipinski definition) is 3. The average molecular weight is 294 g/mol. The minimum atomic E-state index is -0.423. The number of likely N-dealkylation sites (tertiary alicyclic amines) is 1. The SMILES string of the molecule is O=C(OCC1CC(=O)N(C2CC2)C1)c1ccccc1Cl. The van der Waals surface area contributed by atoms with Gasteiger partial charge in [-0.3, -0.25) is 4.79 Å². The van der Waals surface area contributed by atoms with Gasteiger partial charge in [0.15, 0.2) is 0 Å². The molecule has 3 rings (SSSR count). The minimum absolute atomic E-state index is 0.106. The first kappa shape index (κ1) is 13.4. The second kappa shape index (κ2) is 5.44. The van der Waals surface area contributed by atoms with Crippen molar-refractivity contribution in [1.29, 1.82) is 0 Å². The molecule has 1 aromatic carbocycles. The Bertz CT molecular complexity index is 542. The highest BCUT2D eigenvalue weighted by molar-refractivity contribution is 6.33. The Balaban J connectivity index is 1.54. The largest absolute Gasteiger partial charge is 0.462 e. The predicted molar refractivity (Wildman–Crippen MR) is 74.6 cm³/mol. The van der Waals surface area contributed by atoms with E-state index in [0.717, 1.165) is 12.8 Å². The van der Waals surface area contributed by atoms with E-state index in [2.05, 4.69) is 0 Å². The quantitative estimate of drug-likeness (QED) is 0.801. The molecule has 106 valence electrons. The number of halogens is 1. The van der Waals surface area contributed by atoms with Gasteiger partial charge in [0.2, 0.25) is 5.91 Å². The number of carbonyl (C=O) groups excluding carboxylic acids is 2. The van der Waals surface area contributed by atoms with Crippen molar-refractivity contribution in [3.05, 3.63) is 34.9 Å². The van der Waals surface area contributed by atoms with Crippen molar-refractivity contribution in [2.75, 3.05) is 13.2 Å². The van der Waals surface area contributed by atoms with Crippen LogP contribution in [0.2, 0.25) is 5.02 Å². The van der Waals surface area contributed by atoms with Gasteiger partial charge in [-0.05, 0) is 25.0 Å². The van der Waals surface area contributed by atoms with E-state index in [4.69, 9.17) is 16.3 Å². The van der Waals surface area contributed by atoms with Crippen LogP contribution in [0.1, 0.15) is 29.6 Å². The van der Waals surface area contributed by atoms with Gasteiger partial charge < -0.3 is 9.64 Å². The Labute approximate surface area is 122 Å². The van der Waals surface area contributed by atoms with Crippen LogP contribution in [0.4, 0.5) is 0 Å². The molecule has 2 fully saturated rings.